The van der Waals surface area contributed by atoms with Crippen molar-refractivity contribution in [1.82, 2.24) is 20.6 Å². The number of halogens is 3. The fraction of sp³-hybridized carbons (Fsp3) is 0.400. The number of nitrogens with zero attached hydrogens (tertiary/aromatic N) is 2. The third-order valence-corrected chi connectivity index (χ3v) is 4.52. The van der Waals surface area contributed by atoms with E-state index in [1.165, 1.54) is 0 Å². The average molecular weight is 452 g/mol. The van der Waals surface area contributed by atoms with Crippen molar-refractivity contribution in [2.75, 3.05) is 23.9 Å². The fourth-order valence-electron chi connectivity index (χ4n) is 2.99. The van der Waals surface area contributed by atoms with E-state index in [-0.39, 0.29) is 35.9 Å². The second kappa shape index (κ2) is 9.28. The number of alkyl halides is 3. The second-order valence-corrected chi connectivity index (χ2v) is 7.56. The molecule has 1 aliphatic rings. The number of hydrogen-bond acceptors (Lipinski definition) is 7. The van der Waals surface area contributed by atoms with Gasteiger partial charge in [0.25, 0.3) is 5.91 Å². The molecule has 0 saturated carbocycles. The predicted octanol–water partition coefficient (Wildman–Crippen LogP) is 2.72. The summed E-state index contributed by atoms with van der Waals surface area (Å²) in [6.07, 6.45) is -4.54. The molecule has 2 amide bonds. The van der Waals surface area contributed by atoms with Crippen LogP contribution in [0.3, 0.4) is 0 Å². The van der Waals surface area contributed by atoms with E-state index < -0.39 is 30.6 Å². The summed E-state index contributed by atoms with van der Waals surface area (Å²) in [6.45, 7) is 3.67. The number of amides is 2. The molecule has 1 aromatic heterocycles. The molecule has 0 saturated heterocycles. The molecule has 172 valence electrons. The Kier molecular flexibility index (Phi) is 6.70. The second-order valence-electron chi connectivity index (χ2n) is 7.56. The van der Waals surface area contributed by atoms with Gasteiger partial charge >= 0.3 is 6.18 Å². The molecule has 1 atom stereocenters. The summed E-state index contributed by atoms with van der Waals surface area (Å²) >= 11 is 0. The van der Waals surface area contributed by atoms with Crippen molar-refractivity contribution in [2.45, 2.75) is 33.0 Å². The number of anilines is 3. The minimum absolute atomic E-state index is 0.0143. The number of aryl methyl sites for hydroxylation is 1. The molecular weight excluding hydrogens is 429 g/mol. The van der Waals surface area contributed by atoms with Crippen LogP contribution in [0.15, 0.2) is 24.3 Å². The van der Waals surface area contributed by atoms with Crippen LogP contribution in [0.1, 0.15) is 29.8 Å². The lowest BCUT2D eigenvalue weighted by Crippen LogP contribution is -2.46. The van der Waals surface area contributed by atoms with E-state index in [0.717, 1.165) is 5.56 Å². The molecule has 3 rings (SSSR count). The minimum Gasteiger partial charge on any atom is -0.456 e. The van der Waals surface area contributed by atoms with E-state index in [4.69, 9.17) is 4.74 Å². The van der Waals surface area contributed by atoms with Crippen molar-refractivity contribution in [3.05, 3.63) is 35.4 Å². The maximum Gasteiger partial charge on any atom is 0.405 e. The Balaban J connectivity index is 1.92. The normalized spacial score (nSPS) is 14.2. The Morgan fingerprint density at radius 2 is 2.03 bits per heavy atom. The number of benzene rings is 1. The van der Waals surface area contributed by atoms with Crippen LogP contribution in [0.4, 0.5) is 30.6 Å². The van der Waals surface area contributed by atoms with Crippen LogP contribution in [0.25, 0.3) is 0 Å². The van der Waals surface area contributed by atoms with Crippen LogP contribution in [0.5, 0.6) is 5.88 Å². The van der Waals surface area contributed by atoms with Crippen LogP contribution in [-0.2, 0) is 4.79 Å². The van der Waals surface area contributed by atoms with Gasteiger partial charge in [-0.2, -0.15) is 23.1 Å². The highest BCUT2D eigenvalue weighted by molar-refractivity contribution is 6.02. The third-order valence-electron chi connectivity index (χ3n) is 4.52. The first-order valence-corrected chi connectivity index (χ1v) is 9.81. The zero-order chi connectivity index (χ0) is 23.5. The summed E-state index contributed by atoms with van der Waals surface area (Å²) in [5, 5.41) is 10.2. The van der Waals surface area contributed by atoms with Crippen LogP contribution in [0.2, 0.25) is 0 Å². The van der Waals surface area contributed by atoms with Gasteiger partial charge in [-0.1, -0.05) is 26.0 Å². The van der Waals surface area contributed by atoms with Crippen LogP contribution in [-0.4, -0.2) is 47.3 Å². The Labute approximate surface area is 182 Å². The fourth-order valence-corrected chi connectivity index (χ4v) is 2.99. The number of fused-ring (bicyclic) bond motifs is 1. The summed E-state index contributed by atoms with van der Waals surface area (Å²) in [5.41, 5.74) is 1.70. The summed E-state index contributed by atoms with van der Waals surface area (Å²) in [5.74, 6) is -1.66. The zero-order valence-corrected chi connectivity index (χ0v) is 17.6. The van der Waals surface area contributed by atoms with Crippen molar-refractivity contribution < 1.29 is 27.5 Å². The first-order valence-electron chi connectivity index (χ1n) is 9.81. The first-order chi connectivity index (χ1) is 15.0. The van der Waals surface area contributed by atoms with Crippen molar-refractivity contribution in [2.24, 2.45) is 5.92 Å². The van der Waals surface area contributed by atoms with Gasteiger partial charge in [-0.3, -0.25) is 9.59 Å². The Bertz CT molecular complexity index is 1010. The summed E-state index contributed by atoms with van der Waals surface area (Å²) < 4.78 is 42.9. The number of hydrogen-bond donors (Lipinski definition) is 4. The quantitative estimate of drug-likeness (QED) is 0.510. The van der Waals surface area contributed by atoms with Gasteiger partial charge in [-0.25, -0.2) is 0 Å². The third kappa shape index (κ3) is 5.77. The standard InChI is InChI=1S/C20H23F3N6O3/c1-10(2)14(17(31)24-8-20(21,22)23)27-19-28-15(26-12-6-4-5-11(3)7-12)13-16(30)25-9-32-18(13)29-19/h4-7,10,14H,8-9H2,1-3H3,(H,24,31)(H,25,30)(H2,26,27,28,29). The molecule has 0 spiro atoms. The molecule has 12 heteroatoms. The monoisotopic (exact) mass is 452 g/mol. The highest BCUT2D eigenvalue weighted by Gasteiger charge is 2.32. The van der Waals surface area contributed by atoms with E-state index in [1.54, 1.807) is 19.9 Å². The van der Waals surface area contributed by atoms with Crippen molar-refractivity contribution >= 4 is 29.3 Å². The number of rotatable bonds is 7. The molecule has 0 radical (unpaired) electrons. The lowest BCUT2D eigenvalue weighted by atomic mass is 10.0. The Morgan fingerprint density at radius 1 is 1.28 bits per heavy atom. The lowest BCUT2D eigenvalue weighted by Gasteiger charge is -2.24. The average Bonchev–Trinajstić information content (AvgIpc) is 2.69. The molecule has 1 unspecified atom stereocenters. The van der Waals surface area contributed by atoms with Crippen molar-refractivity contribution in [3.63, 3.8) is 0 Å². The van der Waals surface area contributed by atoms with Crippen LogP contribution >= 0.6 is 0 Å². The van der Waals surface area contributed by atoms with Gasteiger partial charge in [-0.15, -0.1) is 0 Å². The van der Waals surface area contributed by atoms with Gasteiger partial charge in [0.2, 0.25) is 17.7 Å². The first kappa shape index (κ1) is 23.1. The molecule has 0 aliphatic carbocycles. The van der Waals surface area contributed by atoms with Crippen molar-refractivity contribution in [1.29, 1.82) is 0 Å². The number of carbonyl (C=O) groups is 2. The summed E-state index contributed by atoms with van der Waals surface area (Å²) in [6, 6.07) is 6.28. The molecule has 2 aromatic rings. The number of ether oxygens (including phenoxy) is 1. The highest BCUT2D eigenvalue weighted by Crippen LogP contribution is 2.30. The summed E-state index contributed by atoms with van der Waals surface area (Å²) in [4.78, 5) is 33.2. The van der Waals surface area contributed by atoms with E-state index >= 15 is 0 Å². The van der Waals surface area contributed by atoms with Gasteiger partial charge in [-0.05, 0) is 30.5 Å². The molecule has 0 bridgehead atoms. The molecule has 1 aromatic carbocycles. The molecule has 1 aliphatic heterocycles. The number of nitrogens with one attached hydrogen (secondary N) is 4. The minimum atomic E-state index is -4.54. The molecule has 0 fully saturated rings. The van der Waals surface area contributed by atoms with E-state index in [1.807, 2.05) is 30.4 Å². The number of aromatic nitrogens is 2. The lowest BCUT2D eigenvalue weighted by molar-refractivity contribution is -0.139. The van der Waals surface area contributed by atoms with Gasteiger partial charge in [0, 0.05) is 5.69 Å². The Morgan fingerprint density at radius 3 is 2.69 bits per heavy atom. The van der Waals surface area contributed by atoms with Gasteiger partial charge in [0.15, 0.2) is 12.5 Å². The molecular formula is C20H23F3N6O3. The zero-order valence-electron chi connectivity index (χ0n) is 17.6. The van der Waals surface area contributed by atoms with Crippen molar-refractivity contribution in [3.8, 4) is 5.88 Å². The molecule has 32 heavy (non-hydrogen) atoms. The van der Waals surface area contributed by atoms with Crippen LogP contribution in [0, 0.1) is 12.8 Å². The van der Waals surface area contributed by atoms with E-state index in [9.17, 15) is 22.8 Å². The topological polar surface area (TPSA) is 117 Å². The Hall–Kier alpha value is -3.57. The maximum atomic E-state index is 12.5. The molecule has 2 heterocycles. The molecule has 4 N–H and O–H groups in total. The largest absolute Gasteiger partial charge is 0.456 e. The number of carbonyl (C=O) groups excluding carboxylic acids is 2. The van der Waals surface area contributed by atoms with Gasteiger partial charge in [0.05, 0.1) is 0 Å². The maximum absolute atomic E-state index is 12.5. The van der Waals surface area contributed by atoms with Crippen LogP contribution < -0.4 is 26.0 Å². The highest BCUT2D eigenvalue weighted by atomic mass is 19.4. The van der Waals surface area contributed by atoms with Gasteiger partial charge < -0.3 is 26.0 Å². The van der Waals surface area contributed by atoms with Gasteiger partial charge in [0.1, 0.15) is 18.2 Å². The van der Waals surface area contributed by atoms with E-state index in [2.05, 4.69) is 25.9 Å². The molecule has 9 nitrogen and oxygen atoms in total. The van der Waals surface area contributed by atoms with E-state index in [0.29, 0.717) is 5.69 Å². The smallest absolute Gasteiger partial charge is 0.405 e. The SMILES string of the molecule is Cc1cccc(Nc2nc(NC(C(=O)NCC(F)(F)F)C(C)C)nc3c2C(=O)NCO3)c1. The predicted molar refractivity (Wildman–Crippen MR) is 111 cm³/mol. The summed E-state index contributed by atoms with van der Waals surface area (Å²) in [7, 11) is 0.